The van der Waals surface area contributed by atoms with E-state index in [0.29, 0.717) is 0 Å². The zero-order chi connectivity index (χ0) is 19.6. The highest BCUT2D eigenvalue weighted by Crippen LogP contribution is 2.49. The number of benzene rings is 2. The molecule has 1 aliphatic heterocycles. The topological polar surface area (TPSA) is 51.0 Å². The van der Waals surface area contributed by atoms with Gasteiger partial charge in [0.05, 0.1) is 16.1 Å². The number of aromatic nitrogens is 3. The van der Waals surface area contributed by atoms with Gasteiger partial charge in [-0.05, 0) is 32.0 Å². The van der Waals surface area contributed by atoms with Gasteiger partial charge in [-0.25, -0.2) is 13.8 Å². The van der Waals surface area contributed by atoms with Gasteiger partial charge in [0.25, 0.3) is 5.92 Å². The molecule has 0 N–H and O–H groups in total. The first kappa shape index (κ1) is 17.8. The molecule has 4 rings (SSSR count). The maximum absolute atomic E-state index is 14.9. The van der Waals surface area contributed by atoms with Crippen LogP contribution < -0.4 is 0 Å². The van der Waals surface area contributed by atoms with Gasteiger partial charge in [-0.2, -0.15) is 8.78 Å². The van der Waals surface area contributed by atoms with Crippen LogP contribution in [0.15, 0.2) is 35.3 Å². The van der Waals surface area contributed by atoms with E-state index in [1.54, 1.807) is 0 Å². The highest BCUT2D eigenvalue weighted by Gasteiger charge is 2.54. The standard InChI is InChI=1S/C18H11ClF4N4/c1-17(2)18(22,23)12-8(4-3-5-9(12)19)14(25-17)16-24-11-7-6-10(20)13(21)15(11)26-27-16/h3-7H,1-2H3. The lowest BCUT2D eigenvalue weighted by molar-refractivity contribution is -0.0681. The lowest BCUT2D eigenvalue weighted by atomic mass is 9.83. The van der Waals surface area contributed by atoms with E-state index in [0.717, 1.165) is 6.07 Å². The monoisotopic (exact) mass is 394 g/mol. The fourth-order valence-electron chi connectivity index (χ4n) is 2.98. The molecule has 0 amide bonds. The Hall–Kier alpha value is -2.61. The number of aliphatic imine (C=N–C) groups is 1. The zero-order valence-electron chi connectivity index (χ0n) is 14.1. The number of alkyl halides is 2. The van der Waals surface area contributed by atoms with Crippen LogP contribution in [0.4, 0.5) is 17.6 Å². The molecule has 0 fully saturated rings. The van der Waals surface area contributed by atoms with Crippen molar-refractivity contribution >= 4 is 28.3 Å². The minimum atomic E-state index is -3.33. The van der Waals surface area contributed by atoms with Crippen LogP contribution in [-0.2, 0) is 5.92 Å². The van der Waals surface area contributed by atoms with Crippen molar-refractivity contribution in [2.24, 2.45) is 4.99 Å². The third kappa shape index (κ3) is 2.50. The molecular weight excluding hydrogens is 384 g/mol. The summed E-state index contributed by atoms with van der Waals surface area (Å²) in [6.45, 7) is 2.53. The van der Waals surface area contributed by atoms with Gasteiger partial charge in [-0.1, -0.05) is 23.7 Å². The molecule has 0 radical (unpaired) electrons. The van der Waals surface area contributed by atoms with Gasteiger partial charge in [0.1, 0.15) is 11.3 Å². The highest BCUT2D eigenvalue weighted by molar-refractivity contribution is 6.32. The van der Waals surface area contributed by atoms with E-state index in [1.807, 2.05) is 0 Å². The van der Waals surface area contributed by atoms with E-state index in [1.165, 1.54) is 38.1 Å². The molecular formula is C18H11ClF4N4. The number of fused-ring (bicyclic) bond motifs is 2. The molecule has 3 aromatic rings. The summed E-state index contributed by atoms with van der Waals surface area (Å²) in [6, 6.07) is 6.44. The van der Waals surface area contributed by atoms with E-state index < -0.39 is 23.1 Å². The molecule has 0 atom stereocenters. The highest BCUT2D eigenvalue weighted by atomic mass is 35.5. The predicted octanol–water partition coefficient (Wildman–Crippen LogP) is 4.68. The van der Waals surface area contributed by atoms with Crippen molar-refractivity contribution in [1.29, 1.82) is 0 Å². The number of halogens is 5. The van der Waals surface area contributed by atoms with Crippen molar-refractivity contribution in [3.8, 4) is 0 Å². The Labute approximate surface area is 155 Å². The molecule has 0 aliphatic carbocycles. The van der Waals surface area contributed by atoms with Crippen molar-refractivity contribution in [2.45, 2.75) is 25.3 Å². The van der Waals surface area contributed by atoms with Crippen LogP contribution in [0.3, 0.4) is 0 Å². The van der Waals surface area contributed by atoms with Crippen LogP contribution in [-0.4, -0.2) is 26.4 Å². The van der Waals surface area contributed by atoms with Crippen molar-refractivity contribution in [3.63, 3.8) is 0 Å². The summed E-state index contributed by atoms with van der Waals surface area (Å²) in [7, 11) is 0. The van der Waals surface area contributed by atoms with Gasteiger partial charge in [0, 0.05) is 5.56 Å². The van der Waals surface area contributed by atoms with Crippen LogP contribution in [0.25, 0.3) is 11.0 Å². The lowest BCUT2D eigenvalue weighted by Crippen LogP contribution is -2.44. The molecule has 2 heterocycles. The molecule has 2 aromatic carbocycles. The number of hydrogen-bond acceptors (Lipinski definition) is 4. The molecule has 4 nitrogen and oxygen atoms in total. The van der Waals surface area contributed by atoms with Gasteiger partial charge < -0.3 is 0 Å². The molecule has 0 saturated carbocycles. The normalized spacial score (nSPS) is 17.5. The van der Waals surface area contributed by atoms with Crippen LogP contribution in [0.2, 0.25) is 5.02 Å². The van der Waals surface area contributed by atoms with E-state index in [4.69, 9.17) is 11.6 Å². The van der Waals surface area contributed by atoms with Gasteiger partial charge in [0.15, 0.2) is 17.2 Å². The Kier molecular flexibility index (Phi) is 3.75. The van der Waals surface area contributed by atoms with Gasteiger partial charge >= 0.3 is 0 Å². The molecule has 138 valence electrons. The smallest absolute Gasteiger partial charge is 0.268 e. The average Bonchev–Trinajstić information content (AvgIpc) is 2.61. The summed E-state index contributed by atoms with van der Waals surface area (Å²) in [5.74, 6) is -5.68. The summed E-state index contributed by atoms with van der Waals surface area (Å²) in [5.41, 5.74) is -2.41. The van der Waals surface area contributed by atoms with Crippen LogP contribution >= 0.6 is 11.6 Å². The first-order valence-corrected chi connectivity index (χ1v) is 8.27. The van der Waals surface area contributed by atoms with Gasteiger partial charge in [-0.3, -0.25) is 4.99 Å². The van der Waals surface area contributed by atoms with Crippen LogP contribution in [0, 0.1) is 11.6 Å². The van der Waals surface area contributed by atoms with Crippen LogP contribution in [0.5, 0.6) is 0 Å². The Bertz CT molecular complexity index is 1130. The fraction of sp³-hybridized carbons (Fsp3) is 0.222. The molecule has 27 heavy (non-hydrogen) atoms. The maximum Gasteiger partial charge on any atom is 0.299 e. The average molecular weight is 395 g/mol. The molecule has 0 saturated heterocycles. The van der Waals surface area contributed by atoms with Crippen molar-refractivity contribution in [3.05, 3.63) is 63.9 Å². The molecule has 0 spiro atoms. The minimum absolute atomic E-state index is 0.0281. The van der Waals surface area contributed by atoms with Gasteiger partial charge in [-0.15, -0.1) is 10.2 Å². The van der Waals surface area contributed by atoms with Crippen molar-refractivity contribution in [2.75, 3.05) is 0 Å². The summed E-state index contributed by atoms with van der Waals surface area (Å²) >= 11 is 6.06. The Morgan fingerprint density at radius 2 is 1.74 bits per heavy atom. The largest absolute Gasteiger partial charge is 0.299 e. The lowest BCUT2D eigenvalue weighted by Gasteiger charge is -2.37. The molecule has 9 heteroatoms. The van der Waals surface area contributed by atoms with E-state index in [2.05, 4.69) is 20.2 Å². The third-order valence-corrected chi connectivity index (χ3v) is 4.79. The molecule has 0 unspecified atom stereocenters. The Morgan fingerprint density at radius 3 is 2.48 bits per heavy atom. The van der Waals surface area contributed by atoms with Gasteiger partial charge in [0.2, 0.25) is 5.82 Å². The van der Waals surface area contributed by atoms with Crippen molar-refractivity contribution < 1.29 is 17.6 Å². The second kappa shape index (κ2) is 5.69. The van der Waals surface area contributed by atoms with Crippen LogP contribution in [0.1, 0.15) is 30.8 Å². The zero-order valence-corrected chi connectivity index (χ0v) is 14.8. The molecule has 0 bridgehead atoms. The van der Waals surface area contributed by atoms with E-state index in [-0.39, 0.29) is 38.7 Å². The SMILES string of the molecule is CC1(C)N=C(c2nnc3c(F)c(F)ccc3n2)c2cccc(Cl)c2C1(F)F. The first-order valence-electron chi connectivity index (χ1n) is 7.89. The number of rotatable bonds is 1. The molecule has 1 aliphatic rings. The maximum atomic E-state index is 14.9. The summed E-state index contributed by atoms with van der Waals surface area (Å²) in [5, 5.41) is 7.34. The summed E-state index contributed by atoms with van der Waals surface area (Å²) in [4.78, 5) is 8.29. The third-order valence-electron chi connectivity index (χ3n) is 4.47. The Morgan fingerprint density at radius 1 is 1.00 bits per heavy atom. The van der Waals surface area contributed by atoms with E-state index in [9.17, 15) is 17.6 Å². The van der Waals surface area contributed by atoms with Crippen molar-refractivity contribution in [1.82, 2.24) is 15.2 Å². The predicted molar refractivity (Wildman–Crippen MR) is 92.3 cm³/mol. The summed E-state index contributed by atoms with van der Waals surface area (Å²) in [6.07, 6.45) is 0. The van der Waals surface area contributed by atoms with E-state index >= 15 is 0 Å². The molecule has 1 aromatic heterocycles. The minimum Gasteiger partial charge on any atom is -0.268 e. The fourth-order valence-corrected chi connectivity index (χ4v) is 3.27. The second-order valence-corrected chi connectivity index (χ2v) is 7.03. The number of hydrogen-bond donors (Lipinski definition) is 0. The first-order chi connectivity index (χ1) is 12.6. The summed E-state index contributed by atoms with van der Waals surface area (Å²) < 4.78 is 57.0. The number of nitrogens with zero attached hydrogens (tertiary/aromatic N) is 4. The quantitative estimate of drug-likeness (QED) is 0.563. The Balaban J connectivity index is 1.99. The second-order valence-electron chi connectivity index (χ2n) is 6.62.